The molecule has 2 atom stereocenters. The first-order chi connectivity index (χ1) is 12.0. The van der Waals surface area contributed by atoms with Gasteiger partial charge in [-0.15, -0.1) is 0 Å². The van der Waals surface area contributed by atoms with Gasteiger partial charge in [-0.2, -0.15) is 4.31 Å². The Labute approximate surface area is 149 Å². The number of nitrogens with zero attached hydrogens (tertiary/aromatic N) is 1. The Hall–Kier alpha value is -1.73. The average molecular weight is 360 g/mol. The van der Waals surface area contributed by atoms with Crippen molar-refractivity contribution >= 4 is 10.0 Å². The number of sulfonamides is 1. The predicted octanol–water partition coefficient (Wildman–Crippen LogP) is 1.99. The van der Waals surface area contributed by atoms with E-state index in [1.54, 1.807) is 19.2 Å². The molecule has 0 aliphatic carbocycles. The SMILES string of the molecule is COCCc1ccc(S(=O)(=O)N2C[C@@H](N)[C@H](c3ccccc3)C2)cc1. The average Bonchev–Trinajstić information content (AvgIpc) is 3.03. The summed E-state index contributed by atoms with van der Waals surface area (Å²) in [5.74, 6) is 0.0250. The first-order valence-electron chi connectivity index (χ1n) is 8.41. The molecule has 1 fully saturated rings. The maximum atomic E-state index is 12.9. The Morgan fingerprint density at radius 3 is 2.40 bits per heavy atom. The van der Waals surface area contributed by atoms with Crippen LogP contribution in [0, 0.1) is 0 Å². The molecule has 1 aliphatic rings. The predicted molar refractivity (Wildman–Crippen MR) is 97.9 cm³/mol. The molecule has 2 N–H and O–H groups in total. The van der Waals surface area contributed by atoms with Gasteiger partial charge in [-0.1, -0.05) is 42.5 Å². The molecule has 0 unspecified atom stereocenters. The maximum absolute atomic E-state index is 12.9. The van der Waals surface area contributed by atoms with Crippen molar-refractivity contribution in [3.63, 3.8) is 0 Å². The summed E-state index contributed by atoms with van der Waals surface area (Å²) in [6.07, 6.45) is 0.765. The smallest absolute Gasteiger partial charge is 0.243 e. The minimum absolute atomic E-state index is 0.0250. The zero-order valence-electron chi connectivity index (χ0n) is 14.3. The van der Waals surface area contributed by atoms with E-state index in [0.717, 1.165) is 17.5 Å². The van der Waals surface area contributed by atoms with Crippen molar-refractivity contribution in [2.45, 2.75) is 23.3 Å². The third-order valence-corrected chi connectivity index (χ3v) is 6.56. The lowest BCUT2D eigenvalue weighted by Crippen LogP contribution is -2.32. The molecule has 6 heteroatoms. The first-order valence-corrected chi connectivity index (χ1v) is 9.85. The van der Waals surface area contributed by atoms with Crippen LogP contribution in [0.5, 0.6) is 0 Å². The lowest BCUT2D eigenvalue weighted by Gasteiger charge is -2.17. The zero-order chi connectivity index (χ0) is 17.9. The third kappa shape index (κ3) is 3.93. The molecule has 0 aromatic heterocycles. The molecule has 1 aliphatic heterocycles. The summed E-state index contributed by atoms with van der Waals surface area (Å²) in [6.45, 7) is 1.37. The van der Waals surface area contributed by atoms with E-state index in [4.69, 9.17) is 10.5 Å². The third-order valence-electron chi connectivity index (χ3n) is 4.72. The van der Waals surface area contributed by atoms with Gasteiger partial charge in [-0.25, -0.2) is 8.42 Å². The van der Waals surface area contributed by atoms with Crippen LogP contribution in [0.3, 0.4) is 0 Å². The van der Waals surface area contributed by atoms with E-state index in [1.165, 1.54) is 4.31 Å². The molecule has 1 saturated heterocycles. The van der Waals surface area contributed by atoms with Crippen LogP contribution in [-0.4, -0.2) is 45.6 Å². The van der Waals surface area contributed by atoms with E-state index in [9.17, 15) is 8.42 Å². The molecule has 0 bridgehead atoms. The van der Waals surface area contributed by atoms with Gasteiger partial charge >= 0.3 is 0 Å². The van der Waals surface area contributed by atoms with E-state index in [0.29, 0.717) is 24.6 Å². The molecule has 2 aromatic carbocycles. The number of ether oxygens (including phenoxy) is 1. The second-order valence-corrected chi connectivity index (χ2v) is 8.33. The summed E-state index contributed by atoms with van der Waals surface area (Å²) >= 11 is 0. The Balaban J connectivity index is 1.76. The topological polar surface area (TPSA) is 72.6 Å². The lowest BCUT2D eigenvalue weighted by atomic mass is 9.95. The minimum Gasteiger partial charge on any atom is -0.384 e. The number of nitrogens with two attached hydrogens (primary N) is 1. The van der Waals surface area contributed by atoms with Crippen molar-refractivity contribution < 1.29 is 13.2 Å². The van der Waals surface area contributed by atoms with Crippen LogP contribution in [0.1, 0.15) is 17.0 Å². The van der Waals surface area contributed by atoms with Crippen LogP contribution in [-0.2, 0) is 21.2 Å². The van der Waals surface area contributed by atoms with Crippen molar-refractivity contribution in [3.8, 4) is 0 Å². The van der Waals surface area contributed by atoms with Gasteiger partial charge in [-0.3, -0.25) is 0 Å². The Morgan fingerprint density at radius 2 is 1.76 bits per heavy atom. The van der Waals surface area contributed by atoms with Gasteiger partial charge < -0.3 is 10.5 Å². The summed E-state index contributed by atoms with van der Waals surface area (Å²) in [6, 6.07) is 16.7. The molecule has 3 rings (SSSR count). The summed E-state index contributed by atoms with van der Waals surface area (Å²) in [5.41, 5.74) is 8.38. The summed E-state index contributed by atoms with van der Waals surface area (Å²) in [7, 11) is -1.88. The molecular formula is C19H24N2O3S. The normalized spacial score (nSPS) is 21.5. The van der Waals surface area contributed by atoms with Gasteiger partial charge in [0.05, 0.1) is 11.5 Å². The van der Waals surface area contributed by atoms with E-state index in [2.05, 4.69) is 0 Å². The molecule has 2 aromatic rings. The molecule has 0 spiro atoms. The highest BCUT2D eigenvalue weighted by Crippen LogP contribution is 2.30. The fourth-order valence-electron chi connectivity index (χ4n) is 3.24. The highest BCUT2D eigenvalue weighted by atomic mass is 32.2. The standard InChI is InChI=1S/C19H24N2O3S/c1-24-12-11-15-7-9-17(10-8-15)25(22,23)21-13-18(19(20)14-21)16-5-3-2-4-6-16/h2-10,18-19H,11-14,20H2,1H3/t18-,19+/m0/s1. The second-order valence-electron chi connectivity index (χ2n) is 6.39. The quantitative estimate of drug-likeness (QED) is 0.855. The van der Waals surface area contributed by atoms with Gasteiger partial charge in [-0.05, 0) is 29.7 Å². The molecule has 134 valence electrons. The van der Waals surface area contributed by atoms with Crippen LogP contribution in [0.2, 0.25) is 0 Å². The highest BCUT2D eigenvalue weighted by molar-refractivity contribution is 7.89. The number of rotatable bonds is 6. The molecule has 0 radical (unpaired) electrons. The van der Waals surface area contributed by atoms with Crippen LogP contribution >= 0.6 is 0 Å². The fraction of sp³-hybridized carbons (Fsp3) is 0.368. The van der Waals surface area contributed by atoms with Crippen LogP contribution in [0.4, 0.5) is 0 Å². The van der Waals surface area contributed by atoms with Crippen molar-refractivity contribution in [2.75, 3.05) is 26.8 Å². The molecule has 25 heavy (non-hydrogen) atoms. The lowest BCUT2D eigenvalue weighted by molar-refractivity contribution is 0.202. The molecule has 1 heterocycles. The number of benzene rings is 2. The van der Waals surface area contributed by atoms with E-state index >= 15 is 0 Å². The van der Waals surface area contributed by atoms with Crippen LogP contribution in [0.25, 0.3) is 0 Å². The number of hydrogen-bond acceptors (Lipinski definition) is 4. The monoisotopic (exact) mass is 360 g/mol. The molecule has 5 nitrogen and oxygen atoms in total. The fourth-order valence-corrected chi connectivity index (χ4v) is 4.74. The molecular weight excluding hydrogens is 336 g/mol. The van der Waals surface area contributed by atoms with E-state index in [-0.39, 0.29) is 12.0 Å². The highest BCUT2D eigenvalue weighted by Gasteiger charge is 2.38. The van der Waals surface area contributed by atoms with Gasteiger partial charge in [0, 0.05) is 32.2 Å². The Kier molecular flexibility index (Phi) is 5.54. The van der Waals surface area contributed by atoms with Crippen molar-refractivity contribution in [2.24, 2.45) is 5.73 Å². The largest absolute Gasteiger partial charge is 0.384 e. The van der Waals surface area contributed by atoms with Gasteiger partial charge in [0.25, 0.3) is 0 Å². The second kappa shape index (κ2) is 7.66. The van der Waals surface area contributed by atoms with Gasteiger partial charge in [0.1, 0.15) is 0 Å². The van der Waals surface area contributed by atoms with Crippen molar-refractivity contribution in [3.05, 3.63) is 65.7 Å². The molecule has 0 amide bonds. The number of methoxy groups -OCH3 is 1. The summed E-state index contributed by atoms with van der Waals surface area (Å²) in [4.78, 5) is 0.314. The zero-order valence-corrected chi connectivity index (χ0v) is 15.2. The first kappa shape index (κ1) is 18.1. The van der Waals surface area contributed by atoms with E-state index in [1.807, 2.05) is 42.5 Å². The summed E-state index contributed by atoms with van der Waals surface area (Å²) in [5, 5.41) is 0. The van der Waals surface area contributed by atoms with E-state index < -0.39 is 10.0 Å². The van der Waals surface area contributed by atoms with Crippen molar-refractivity contribution in [1.82, 2.24) is 4.31 Å². The molecule has 0 saturated carbocycles. The Bertz CT molecular complexity index is 791. The Morgan fingerprint density at radius 1 is 1.08 bits per heavy atom. The minimum atomic E-state index is -3.53. The van der Waals surface area contributed by atoms with Crippen LogP contribution in [0.15, 0.2) is 59.5 Å². The van der Waals surface area contributed by atoms with Crippen LogP contribution < -0.4 is 5.73 Å². The number of hydrogen-bond donors (Lipinski definition) is 1. The summed E-state index contributed by atoms with van der Waals surface area (Å²) < 4.78 is 32.4. The van der Waals surface area contributed by atoms with Crippen molar-refractivity contribution in [1.29, 1.82) is 0 Å². The van der Waals surface area contributed by atoms with Gasteiger partial charge in [0.15, 0.2) is 0 Å². The van der Waals surface area contributed by atoms with Gasteiger partial charge in [0.2, 0.25) is 10.0 Å². The maximum Gasteiger partial charge on any atom is 0.243 e.